The van der Waals surface area contributed by atoms with Crippen LogP contribution < -0.4 is 9.80 Å². The lowest BCUT2D eigenvalue weighted by atomic mass is 10.0. The number of nitrogens with zero attached hydrogens (tertiary/aromatic N) is 2. The van der Waals surface area contributed by atoms with Gasteiger partial charge in [0.25, 0.3) is 0 Å². The molecular weight excluding hydrogens is 319 g/mol. The fraction of sp³-hybridized carbons (Fsp3) is 0.562. The zero-order chi connectivity index (χ0) is 15.9. The van der Waals surface area contributed by atoms with Gasteiger partial charge in [-0.15, -0.1) is 11.8 Å². The number of ether oxygens (including phenoxy) is 1. The van der Waals surface area contributed by atoms with Crippen molar-refractivity contribution in [3.63, 3.8) is 0 Å². The van der Waals surface area contributed by atoms with Crippen molar-refractivity contribution in [2.75, 3.05) is 28.7 Å². The van der Waals surface area contributed by atoms with Gasteiger partial charge in [0, 0.05) is 5.75 Å². The molecule has 122 valence electrons. The first-order valence-corrected chi connectivity index (χ1v) is 8.87. The van der Waals surface area contributed by atoms with Crippen LogP contribution in [0.15, 0.2) is 18.2 Å². The monoisotopic (exact) mass is 336 g/mol. The molecule has 1 aromatic rings. The summed E-state index contributed by atoms with van der Waals surface area (Å²) < 4.78 is 20.1. The van der Waals surface area contributed by atoms with Crippen LogP contribution in [0.3, 0.4) is 0 Å². The lowest BCUT2D eigenvalue weighted by Gasteiger charge is -2.55. The number of amides is 1. The second kappa shape index (κ2) is 4.33. The highest BCUT2D eigenvalue weighted by Crippen LogP contribution is 2.75. The van der Waals surface area contributed by atoms with Crippen LogP contribution in [-0.2, 0) is 4.74 Å². The maximum Gasteiger partial charge on any atom is 0.414 e. The Kier molecular flexibility index (Phi) is 2.62. The van der Waals surface area contributed by atoms with Gasteiger partial charge in [-0.25, -0.2) is 9.18 Å². The summed E-state index contributed by atoms with van der Waals surface area (Å²) in [4.78, 5) is 15.4. The number of carbonyl (C=O) groups is 1. The van der Waals surface area contributed by atoms with Crippen LogP contribution >= 0.6 is 11.8 Å². The highest BCUT2D eigenvalue weighted by atomic mass is 32.2. The Balaban J connectivity index is 1.41. The average Bonchev–Trinajstić information content (AvgIpc) is 2.93. The number of thioether (sulfide) groups is 1. The third-order valence-electron chi connectivity index (χ3n) is 5.78. The van der Waals surface area contributed by atoms with Gasteiger partial charge in [-0.2, -0.15) is 0 Å². The number of aliphatic hydroxyl groups is 1. The minimum absolute atomic E-state index is 0.225. The second-order valence-corrected chi connectivity index (χ2v) is 8.08. The largest absolute Gasteiger partial charge is 0.441 e. The van der Waals surface area contributed by atoms with E-state index >= 15 is 0 Å². The molecule has 1 aromatic carbocycles. The molecule has 5 rings (SSSR count). The molecule has 3 heterocycles. The Hall–Kier alpha value is -1.47. The van der Waals surface area contributed by atoms with E-state index in [0.717, 1.165) is 5.75 Å². The molecule has 23 heavy (non-hydrogen) atoms. The second-order valence-electron chi connectivity index (χ2n) is 6.76. The standard InChI is InChI=1S/C16H17FN2O3S/c1-8-14-16(8)13(7-23-16)19(14)12-3-2-9(4-11(12)17)18-5-10(6-20)22-15(18)21/h2-4,8,10,13-14,20H,5-7H2,1H3/t8-,10+,13?,14?,16?/m0/s1. The van der Waals surface area contributed by atoms with E-state index in [9.17, 15) is 9.18 Å². The van der Waals surface area contributed by atoms with Gasteiger partial charge in [0.1, 0.15) is 11.9 Å². The molecule has 0 radical (unpaired) electrons. The van der Waals surface area contributed by atoms with Crippen molar-refractivity contribution in [1.29, 1.82) is 0 Å². The topological polar surface area (TPSA) is 53.0 Å². The summed E-state index contributed by atoms with van der Waals surface area (Å²) in [6.07, 6.45) is -1.08. The van der Waals surface area contributed by atoms with E-state index in [4.69, 9.17) is 9.84 Å². The van der Waals surface area contributed by atoms with Crippen LogP contribution in [0.5, 0.6) is 0 Å². The highest BCUT2D eigenvalue weighted by molar-refractivity contribution is 8.02. The Morgan fingerprint density at radius 1 is 1.52 bits per heavy atom. The molecule has 1 N–H and O–H groups in total. The summed E-state index contributed by atoms with van der Waals surface area (Å²) in [6.45, 7) is 2.27. The van der Waals surface area contributed by atoms with E-state index in [1.165, 1.54) is 11.0 Å². The van der Waals surface area contributed by atoms with Gasteiger partial charge in [0.05, 0.1) is 41.4 Å². The smallest absolute Gasteiger partial charge is 0.414 e. The van der Waals surface area contributed by atoms with Crippen LogP contribution in [-0.4, -0.2) is 53.0 Å². The maximum absolute atomic E-state index is 14.6. The molecule has 1 spiro atoms. The van der Waals surface area contributed by atoms with E-state index in [2.05, 4.69) is 11.8 Å². The van der Waals surface area contributed by atoms with E-state index in [1.54, 1.807) is 12.1 Å². The van der Waals surface area contributed by atoms with Crippen molar-refractivity contribution >= 4 is 29.2 Å². The minimum atomic E-state index is -0.541. The molecule has 1 amide bonds. The van der Waals surface area contributed by atoms with Crippen LogP contribution in [0, 0.1) is 11.7 Å². The van der Waals surface area contributed by atoms with Gasteiger partial charge in [-0.3, -0.25) is 4.90 Å². The third-order valence-corrected chi connectivity index (χ3v) is 7.65. The molecule has 7 heteroatoms. The van der Waals surface area contributed by atoms with Crippen LogP contribution in [0.1, 0.15) is 6.92 Å². The lowest BCUT2D eigenvalue weighted by molar-refractivity contribution is 0.0963. The van der Waals surface area contributed by atoms with Crippen LogP contribution in [0.4, 0.5) is 20.6 Å². The summed E-state index contributed by atoms with van der Waals surface area (Å²) in [5.74, 6) is 1.40. The van der Waals surface area contributed by atoms with E-state index in [1.807, 2.05) is 11.8 Å². The van der Waals surface area contributed by atoms with Crippen molar-refractivity contribution in [1.82, 2.24) is 0 Å². The number of benzene rings is 1. The van der Waals surface area contributed by atoms with Crippen LogP contribution in [0.25, 0.3) is 0 Å². The molecule has 5 atom stereocenters. The quantitative estimate of drug-likeness (QED) is 0.913. The normalized spacial score (nSPS) is 40.0. The lowest BCUT2D eigenvalue weighted by Crippen LogP contribution is -2.66. The van der Waals surface area contributed by atoms with E-state index < -0.39 is 12.2 Å². The summed E-state index contributed by atoms with van der Waals surface area (Å²) in [6, 6.07) is 5.85. The van der Waals surface area contributed by atoms with Gasteiger partial charge in [0.15, 0.2) is 0 Å². The van der Waals surface area contributed by atoms with Gasteiger partial charge >= 0.3 is 6.09 Å². The SMILES string of the molecule is C[C@H]1C2N(c3ccc(N4C[C@H](CO)OC4=O)cc3F)C3CSC321. The number of hydrogen-bond donors (Lipinski definition) is 1. The third kappa shape index (κ3) is 1.55. The van der Waals surface area contributed by atoms with Crippen molar-refractivity contribution in [3.05, 3.63) is 24.0 Å². The Morgan fingerprint density at radius 2 is 2.35 bits per heavy atom. The van der Waals surface area contributed by atoms with Crippen molar-refractivity contribution in [2.45, 2.75) is 29.9 Å². The van der Waals surface area contributed by atoms with Crippen molar-refractivity contribution in [3.8, 4) is 0 Å². The molecule has 3 saturated heterocycles. The fourth-order valence-electron chi connectivity index (χ4n) is 4.49. The Labute approximate surface area is 137 Å². The molecule has 3 unspecified atom stereocenters. The predicted molar refractivity (Wildman–Crippen MR) is 85.5 cm³/mol. The first kappa shape index (κ1) is 13.9. The van der Waals surface area contributed by atoms with Crippen molar-refractivity contribution < 1.29 is 19.0 Å². The molecule has 3 aliphatic heterocycles. The molecule has 5 nitrogen and oxygen atoms in total. The summed E-state index contributed by atoms with van der Waals surface area (Å²) in [5, 5.41) is 9.09. The predicted octanol–water partition coefficient (Wildman–Crippen LogP) is 1.84. The summed E-state index contributed by atoms with van der Waals surface area (Å²) in [5.41, 5.74) is 1.11. The Morgan fingerprint density at radius 3 is 2.87 bits per heavy atom. The van der Waals surface area contributed by atoms with Crippen LogP contribution in [0.2, 0.25) is 0 Å². The molecule has 0 bridgehead atoms. The zero-order valence-electron chi connectivity index (χ0n) is 12.6. The number of anilines is 2. The molecule has 1 saturated carbocycles. The molecule has 4 fully saturated rings. The van der Waals surface area contributed by atoms with Gasteiger partial charge in [-0.05, 0) is 24.1 Å². The number of hydrogen-bond acceptors (Lipinski definition) is 5. The highest BCUT2D eigenvalue weighted by Gasteiger charge is 2.83. The van der Waals surface area contributed by atoms with Gasteiger partial charge in [0.2, 0.25) is 0 Å². The number of halogens is 1. The van der Waals surface area contributed by atoms with E-state index in [-0.39, 0.29) is 19.0 Å². The van der Waals surface area contributed by atoms with E-state index in [0.29, 0.717) is 34.1 Å². The molecular formula is C16H17FN2O3S. The first-order valence-electron chi connectivity index (χ1n) is 7.88. The zero-order valence-corrected chi connectivity index (χ0v) is 13.4. The summed E-state index contributed by atoms with van der Waals surface area (Å²) >= 11 is 2.01. The van der Waals surface area contributed by atoms with Gasteiger partial charge < -0.3 is 14.7 Å². The molecule has 0 aromatic heterocycles. The number of cyclic esters (lactones) is 1. The first-order chi connectivity index (χ1) is 11.1. The molecule has 1 aliphatic carbocycles. The number of aliphatic hydroxyl groups excluding tert-OH is 1. The van der Waals surface area contributed by atoms with Crippen molar-refractivity contribution in [2.24, 2.45) is 5.92 Å². The summed E-state index contributed by atoms with van der Waals surface area (Å²) in [7, 11) is 0. The fourth-order valence-corrected chi connectivity index (χ4v) is 6.27. The number of rotatable bonds is 3. The van der Waals surface area contributed by atoms with Gasteiger partial charge in [-0.1, -0.05) is 6.92 Å². The maximum atomic E-state index is 14.6. The average molecular weight is 336 g/mol. The number of carbonyl (C=O) groups excluding carboxylic acids is 1. The molecule has 4 aliphatic rings. The Bertz CT molecular complexity index is 709. The minimum Gasteiger partial charge on any atom is -0.441 e.